The summed E-state index contributed by atoms with van der Waals surface area (Å²) in [4.78, 5) is 28.0. The monoisotopic (exact) mass is 357 g/mol. The number of hydrogen-bond donors (Lipinski definition) is 2. The number of ether oxygens (including phenoxy) is 2. The van der Waals surface area contributed by atoms with Crippen LogP contribution in [-0.4, -0.2) is 36.6 Å². The smallest absolute Gasteiger partial charge is 0.251 e. The molecule has 1 aromatic carbocycles. The molecule has 7 heteroatoms. The highest BCUT2D eigenvalue weighted by atomic mass is 16.5. The summed E-state index contributed by atoms with van der Waals surface area (Å²) in [6.07, 6.45) is 1.67. The van der Waals surface area contributed by atoms with Gasteiger partial charge in [-0.2, -0.15) is 0 Å². The second-order valence-electron chi connectivity index (χ2n) is 5.86. The normalized spacial score (nSPS) is 10.3. The summed E-state index contributed by atoms with van der Waals surface area (Å²) in [5.74, 6) is 0.577. The van der Waals surface area contributed by atoms with Crippen LogP contribution in [0.3, 0.4) is 0 Å². The van der Waals surface area contributed by atoms with Crippen LogP contribution in [-0.2, 0) is 11.3 Å². The van der Waals surface area contributed by atoms with Crippen LogP contribution in [0.2, 0.25) is 0 Å². The van der Waals surface area contributed by atoms with Crippen molar-refractivity contribution >= 4 is 11.8 Å². The van der Waals surface area contributed by atoms with E-state index in [-0.39, 0.29) is 24.5 Å². The zero-order valence-corrected chi connectivity index (χ0v) is 15.1. The van der Waals surface area contributed by atoms with Crippen molar-refractivity contribution in [2.75, 3.05) is 13.7 Å². The largest absolute Gasteiger partial charge is 0.491 e. The van der Waals surface area contributed by atoms with Crippen LogP contribution in [0.4, 0.5) is 0 Å². The molecule has 1 heterocycles. The molecular formula is C19H23N3O4. The Morgan fingerprint density at radius 2 is 1.85 bits per heavy atom. The molecule has 0 saturated carbocycles. The number of amides is 2. The molecule has 0 atom stereocenters. The molecule has 26 heavy (non-hydrogen) atoms. The third-order valence-corrected chi connectivity index (χ3v) is 3.40. The van der Waals surface area contributed by atoms with Crippen molar-refractivity contribution in [3.63, 3.8) is 0 Å². The number of rotatable bonds is 8. The van der Waals surface area contributed by atoms with Gasteiger partial charge in [-0.05, 0) is 49.7 Å². The average molecular weight is 357 g/mol. The quantitative estimate of drug-likeness (QED) is 0.753. The number of aromatic nitrogens is 1. The van der Waals surface area contributed by atoms with Gasteiger partial charge >= 0.3 is 0 Å². The second kappa shape index (κ2) is 9.41. The fourth-order valence-corrected chi connectivity index (χ4v) is 2.15. The van der Waals surface area contributed by atoms with Crippen molar-refractivity contribution in [3.05, 3.63) is 53.7 Å². The third kappa shape index (κ3) is 6.08. The van der Waals surface area contributed by atoms with E-state index in [0.717, 1.165) is 5.56 Å². The summed E-state index contributed by atoms with van der Waals surface area (Å²) in [5, 5.41) is 5.32. The Hall–Kier alpha value is -3.09. The highest BCUT2D eigenvalue weighted by Gasteiger charge is 2.09. The molecule has 0 aliphatic carbocycles. The Morgan fingerprint density at radius 3 is 2.50 bits per heavy atom. The first kappa shape index (κ1) is 19.2. The van der Waals surface area contributed by atoms with Gasteiger partial charge in [0.05, 0.1) is 19.8 Å². The lowest BCUT2D eigenvalue weighted by molar-refractivity contribution is -0.120. The van der Waals surface area contributed by atoms with Gasteiger partial charge in [0, 0.05) is 24.4 Å². The Kier molecular flexibility index (Phi) is 6.96. The molecule has 0 unspecified atom stereocenters. The number of benzene rings is 1. The van der Waals surface area contributed by atoms with Gasteiger partial charge in [0.2, 0.25) is 11.8 Å². The lowest BCUT2D eigenvalue weighted by Gasteiger charge is -2.10. The van der Waals surface area contributed by atoms with E-state index >= 15 is 0 Å². The first-order valence-corrected chi connectivity index (χ1v) is 8.28. The van der Waals surface area contributed by atoms with E-state index in [1.54, 1.807) is 42.6 Å². The molecule has 0 saturated heterocycles. The van der Waals surface area contributed by atoms with E-state index in [1.165, 1.54) is 7.11 Å². The number of nitrogens with zero attached hydrogens (tertiary/aromatic N) is 1. The maximum atomic E-state index is 12.1. The van der Waals surface area contributed by atoms with Crippen LogP contribution in [0.25, 0.3) is 0 Å². The van der Waals surface area contributed by atoms with Crippen LogP contribution in [0.15, 0.2) is 42.6 Å². The highest BCUT2D eigenvalue weighted by molar-refractivity contribution is 5.96. The molecule has 0 aliphatic rings. The predicted octanol–water partition coefficient (Wildman–Crippen LogP) is 1.92. The summed E-state index contributed by atoms with van der Waals surface area (Å²) < 4.78 is 10.6. The molecule has 0 aliphatic heterocycles. The van der Waals surface area contributed by atoms with Gasteiger partial charge in [-0.25, -0.2) is 4.98 Å². The average Bonchev–Trinajstić information content (AvgIpc) is 2.64. The molecule has 0 radical (unpaired) electrons. The summed E-state index contributed by atoms with van der Waals surface area (Å²) >= 11 is 0. The first-order chi connectivity index (χ1) is 12.5. The van der Waals surface area contributed by atoms with E-state index in [1.807, 2.05) is 13.8 Å². The maximum Gasteiger partial charge on any atom is 0.251 e. The van der Waals surface area contributed by atoms with E-state index in [0.29, 0.717) is 23.7 Å². The molecule has 2 aromatic rings. The number of hydrogen-bond acceptors (Lipinski definition) is 5. The van der Waals surface area contributed by atoms with Crippen molar-refractivity contribution in [1.82, 2.24) is 15.6 Å². The van der Waals surface area contributed by atoms with Gasteiger partial charge in [0.25, 0.3) is 5.91 Å². The van der Waals surface area contributed by atoms with Gasteiger partial charge in [-0.3, -0.25) is 9.59 Å². The number of pyridine rings is 1. The van der Waals surface area contributed by atoms with Crippen LogP contribution in [0.1, 0.15) is 29.8 Å². The number of methoxy groups -OCH3 is 1. The Balaban J connectivity index is 1.78. The molecular weight excluding hydrogens is 334 g/mol. The lowest BCUT2D eigenvalue weighted by Crippen LogP contribution is -2.36. The van der Waals surface area contributed by atoms with Crippen molar-refractivity contribution < 1.29 is 19.1 Å². The van der Waals surface area contributed by atoms with E-state index in [4.69, 9.17) is 9.47 Å². The van der Waals surface area contributed by atoms with Crippen LogP contribution >= 0.6 is 0 Å². The number of carbonyl (C=O) groups is 2. The fraction of sp³-hybridized carbons (Fsp3) is 0.316. The molecule has 138 valence electrons. The minimum atomic E-state index is -0.318. The van der Waals surface area contributed by atoms with Gasteiger partial charge in [0.15, 0.2) is 0 Å². The zero-order valence-electron chi connectivity index (χ0n) is 15.1. The van der Waals surface area contributed by atoms with Crippen molar-refractivity contribution in [1.29, 1.82) is 0 Å². The molecule has 2 N–H and O–H groups in total. The van der Waals surface area contributed by atoms with E-state index < -0.39 is 0 Å². The van der Waals surface area contributed by atoms with Crippen LogP contribution in [0, 0.1) is 0 Å². The van der Waals surface area contributed by atoms with Gasteiger partial charge in [-0.1, -0.05) is 0 Å². The number of nitrogens with one attached hydrogen (secondary N) is 2. The van der Waals surface area contributed by atoms with Gasteiger partial charge in [-0.15, -0.1) is 0 Å². The minimum absolute atomic E-state index is 0.0683. The zero-order chi connectivity index (χ0) is 18.9. The van der Waals surface area contributed by atoms with E-state index in [2.05, 4.69) is 15.6 Å². The second-order valence-corrected chi connectivity index (χ2v) is 5.86. The molecule has 2 amide bonds. The Bertz CT molecular complexity index is 745. The molecule has 0 fully saturated rings. The molecule has 2 rings (SSSR count). The first-order valence-electron chi connectivity index (χ1n) is 8.28. The summed E-state index contributed by atoms with van der Waals surface area (Å²) in [6, 6.07) is 10.3. The van der Waals surface area contributed by atoms with Crippen LogP contribution in [0.5, 0.6) is 11.6 Å². The van der Waals surface area contributed by atoms with Crippen molar-refractivity contribution in [2.24, 2.45) is 0 Å². The van der Waals surface area contributed by atoms with Crippen LogP contribution < -0.4 is 20.1 Å². The SMILES string of the molecule is COc1cc(CNC(=O)CNC(=O)c2ccc(OC(C)C)cc2)ccn1. The van der Waals surface area contributed by atoms with Crippen molar-refractivity contribution in [3.8, 4) is 11.6 Å². The minimum Gasteiger partial charge on any atom is -0.491 e. The molecule has 0 spiro atoms. The lowest BCUT2D eigenvalue weighted by atomic mass is 10.2. The highest BCUT2D eigenvalue weighted by Crippen LogP contribution is 2.13. The summed E-state index contributed by atoms with van der Waals surface area (Å²) in [6.45, 7) is 4.09. The Labute approximate surface area is 152 Å². The predicted molar refractivity (Wildman–Crippen MR) is 97.2 cm³/mol. The topological polar surface area (TPSA) is 89.6 Å². The summed E-state index contributed by atoms with van der Waals surface area (Å²) in [7, 11) is 1.53. The molecule has 1 aromatic heterocycles. The molecule has 0 bridgehead atoms. The molecule has 7 nitrogen and oxygen atoms in total. The Morgan fingerprint density at radius 1 is 1.12 bits per heavy atom. The number of carbonyl (C=O) groups excluding carboxylic acids is 2. The standard InChI is InChI=1S/C19H23N3O4/c1-13(2)26-16-6-4-15(5-7-16)19(24)22-12-17(23)21-11-14-8-9-20-18(10-14)25-3/h4-10,13H,11-12H2,1-3H3,(H,21,23)(H,22,24). The maximum absolute atomic E-state index is 12.1. The van der Waals surface area contributed by atoms with Crippen molar-refractivity contribution in [2.45, 2.75) is 26.5 Å². The summed E-state index contributed by atoms with van der Waals surface area (Å²) in [5.41, 5.74) is 1.32. The third-order valence-electron chi connectivity index (χ3n) is 3.40. The van der Waals surface area contributed by atoms with E-state index in [9.17, 15) is 9.59 Å². The van der Waals surface area contributed by atoms with Gasteiger partial charge in [0.1, 0.15) is 5.75 Å². The fourth-order valence-electron chi connectivity index (χ4n) is 2.15. The van der Waals surface area contributed by atoms with Gasteiger partial charge < -0.3 is 20.1 Å².